The first-order chi connectivity index (χ1) is 8.06. The van der Waals surface area contributed by atoms with Crippen molar-refractivity contribution < 1.29 is 4.79 Å². The summed E-state index contributed by atoms with van der Waals surface area (Å²) in [6.07, 6.45) is 2.20. The third kappa shape index (κ3) is 3.85. The van der Waals surface area contributed by atoms with Crippen molar-refractivity contribution in [3.05, 3.63) is 21.2 Å². The van der Waals surface area contributed by atoms with Crippen LogP contribution < -0.4 is 15.8 Å². The zero-order valence-electron chi connectivity index (χ0n) is 9.79. The second-order valence-electron chi connectivity index (χ2n) is 3.58. The molecule has 7 heteroatoms. The van der Waals surface area contributed by atoms with E-state index in [1.54, 1.807) is 11.9 Å². The Morgan fingerprint density at radius 2 is 2.35 bits per heavy atom. The van der Waals surface area contributed by atoms with E-state index in [0.717, 1.165) is 6.42 Å². The van der Waals surface area contributed by atoms with Crippen molar-refractivity contribution in [1.82, 2.24) is 15.3 Å². The fourth-order valence-corrected chi connectivity index (χ4v) is 1.77. The lowest BCUT2D eigenvalue weighted by atomic mass is 10.4. The smallest absolute Gasteiger partial charge is 0.267 e. The highest BCUT2D eigenvalue weighted by molar-refractivity contribution is 9.10. The number of aromatic nitrogens is 2. The molecule has 1 aromatic heterocycles. The van der Waals surface area contributed by atoms with Gasteiger partial charge in [-0.1, -0.05) is 6.92 Å². The number of amides is 1. The van der Waals surface area contributed by atoms with E-state index in [9.17, 15) is 9.59 Å². The second-order valence-corrected chi connectivity index (χ2v) is 4.37. The van der Waals surface area contributed by atoms with Crippen LogP contribution in [0, 0.1) is 0 Å². The Kier molecular flexibility index (Phi) is 5.14. The van der Waals surface area contributed by atoms with Crippen LogP contribution in [-0.4, -0.2) is 36.0 Å². The van der Waals surface area contributed by atoms with Gasteiger partial charge in [-0.2, -0.15) is 0 Å². The van der Waals surface area contributed by atoms with Crippen LogP contribution in [0.5, 0.6) is 0 Å². The topological polar surface area (TPSA) is 78.1 Å². The molecule has 0 aliphatic carbocycles. The number of hydrogen-bond donors (Lipinski definition) is 2. The molecule has 0 atom stereocenters. The molecule has 0 unspecified atom stereocenters. The number of rotatable bonds is 5. The Morgan fingerprint density at radius 3 is 3.00 bits per heavy atom. The fraction of sp³-hybridized carbons (Fsp3) is 0.500. The minimum atomic E-state index is -0.268. The summed E-state index contributed by atoms with van der Waals surface area (Å²) in [6, 6.07) is 0. The molecule has 0 saturated carbocycles. The van der Waals surface area contributed by atoms with E-state index in [4.69, 9.17) is 0 Å². The number of nitrogens with zero attached hydrogens (tertiary/aromatic N) is 2. The zero-order valence-corrected chi connectivity index (χ0v) is 11.4. The summed E-state index contributed by atoms with van der Waals surface area (Å²) in [7, 11) is 1.71. The van der Waals surface area contributed by atoms with Crippen molar-refractivity contribution in [1.29, 1.82) is 0 Å². The van der Waals surface area contributed by atoms with Gasteiger partial charge in [-0.15, -0.1) is 0 Å². The van der Waals surface area contributed by atoms with Crippen LogP contribution in [0.4, 0.5) is 5.82 Å². The summed E-state index contributed by atoms with van der Waals surface area (Å²) < 4.78 is 0.325. The number of nitrogens with one attached hydrogen (secondary N) is 2. The van der Waals surface area contributed by atoms with Crippen molar-refractivity contribution in [2.45, 2.75) is 13.3 Å². The summed E-state index contributed by atoms with van der Waals surface area (Å²) >= 11 is 3.14. The molecule has 1 aromatic rings. The molecule has 0 aliphatic rings. The van der Waals surface area contributed by atoms with Gasteiger partial charge in [0.1, 0.15) is 4.47 Å². The summed E-state index contributed by atoms with van der Waals surface area (Å²) in [5.41, 5.74) is -0.268. The van der Waals surface area contributed by atoms with E-state index < -0.39 is 0 Å². The van der Waals surface area contributed by atoms with Gasteiger partial charge in [0.25, 0.3) is 5.56 Å². The lowest BCUT2D eigenvalue weighted by Gasteiger charge is -2.18. The summed E-state index contributed by atoms with van der Waals surface area (Å²) in [4.78, 5) is 30.9. The van der Waals surface area contributed by atoms with Gasteiger partial charge in [0.05, 0.1) is 12.9 Å². The molecule has 0 spiro atoms. The van der Waals surface area contributed by atoms with Crippen LogP contribution in [0.2, 0.25) is 0 Å². The van der Waals surface area contributed by atoms with E-state index in [1.807, 2.05) is 6.92 Å². The van der Waals surface area contributed by atoms with Crippen molar-refractivity contribution >= 4 is 27.7 Å². The maximum absolute atomic E-state index is 11.5. The number of H-pyrrole nitrogens is 1. The molecule has 1 amide bonds. The molecule has 6 nitrogen and oxygen atoms in total. The van der Waals surface area contributed by atoms with E-state index in [1.165, 1.54) is 6.33 Å². The molecule has 0 bridgehead atoms. The molecule has 0 saturated heterocycles. The van der Waals surface area contributed by atoms with Gasteiger partial charge in [0, 0.05) is 13.6 Å². The molecule has 94 valence electrons. The normalized spacial score (nSPS) is 10.1. The van der Waals surface area contributed by atoms with Crippen LogP contribution in [0.1, 0.15) is 13.3 Å². The molecule has 1 rings (SSSR count). The standard InChI is InChI=1S/C10H15BrN4O2/c1-3-4-12-7(16)5-15(2)9-8(11)10(17)14-6-13-9/h6H,3-5H2,1-2H3,(H,12,16)(H,13,14,17). The molecule has 0 fully saturated rings. The maximum Gasteiger partial charge on any atom is 0.267 e. The van der Waals surface area contributed by atoms with Gasteiger partial charge < -0.3 is 15.2 Å². The number of halogens is 1. The number of likely N-dealkylation sites (N-methyl/N-ethyl adjacent to an activating group) is 1. The number of hydrogen-bond acceptors (Lipinski definition) is 4. The highest BCUT2D eigenvalue weighted by atomic mass is 79.9. The van der Waals surface area contributed by atoms with Crippen molar-refractivity contribution in [2.24, 2.45) is 0 Å². The van der Waals surface area contributed by atoms with Crippen LogP contribution in [0.3, 0.4) is 0 Å². The van der Waals surface area contributed by atoms with Crippen molar-refractivity contribution in [3.8, 4) is 0 Å². The van der Waals surface area contributed by atoms with Gasteiger partial charge >= 0.3 is 0 Å². The SMILES string of the molecule is CCCNC(=O)CN(C)c1nc[nH]c(=O)c1Br. The highest BCUT2D eigenvalue weighted by Crippen LogP contribution is 2.16. The molecule has 0 radical (unpaired) electrons. The Morgan fingerprint density at radius 1 is 1.65 bits per heavy atom. The molecule has 2 N–H and O–H groups in total. The number of carbonyl (C=O) groups excluding carboxylic acids is 1. The van der Waals surface area contributed by atoms with Crippen molar-refractivity contribution in [2.75, 3.05) is 25.0 Å². The van der Waals surface area contributed by atoms with E-state index in [0.29, 0.717) is 16.8 Å². The quantitative estimate of drug-likeness (QED) is 0.830. The maximum atomic E-state index is 11.5. The largest absolute Gasteiger partial charge is 0.355 e. The Hall–Kier alpha value is -1.37. The Labute approximate surface area is 108 Å². The third-order valence-corrected chi connectivity index (χ3v) is 2.81. The molecular weight excluding hydrogens is 288 g/mol. The second kappa shape index (κ2) is 6.39. The minimum Gasteiger partial charge on any atom is -0.355 e. The minimum absolute atomic E-state index is 0.0941. The first-order valence-corrected chi connectivity index (χ1v) is 6.06. The average Bonchev–Trinajstić information content (AvgIpc) is 2.29. The zero-order chi connectivity index (χ0) is 12.8. The summed E-state index contributed by atoms with van der Waals surface area (Å²) in [5, 5.41) is 2.76. The van der Waals surface area contributed by atoms with E-state index in [2.05, 4.69) is 31.2 Å². The van der Waals surface area contributed by atoms with Gasteiger partial charge in [-0.25, -0.2) is 4.98 Å². The predicted molar refractivity (Wildman–Crippen MR) is 69.1 cm³/mol. The fourth-order valence-electron chi connectivity index (χ4n) is 1.25. The first kappa shape index (κ1) is 13.7. The highest BCUT2D eigenvalue weighted by Gasteiger charge is 2.12. The van der Waals surface area contributed by atoms with Gasteiger partial charge in [-0.3, -0.25) is 9.59 Å². The lowest BCUT2D eigenvalue weighted by Crippen LogP contribution is -2.36. The first-order valence-electron chi connectivity index (χ1n) is 5.27. The van der Waals surface area contributed by atoms with Gasteiger partial charge in [0.15, 0.2) is 5.82 Å². The number of carbonyl (C=O) groups is 1. The molecule has 17 heavy (non-hydrogen) atoms. The predicted octanol–water partition coefficient (Wildman–Crippen LogP) is 0.495. The summed E-state index contributed by atoms with van der Waals surface area (Å²) in [6.45, 7) is 2.80. The molecule has 0 aromatic carbocycles. The molecule has 0 aliphatic heterocycles. The van der Waals surface area contributed by atoms with Gasteiger partial charge in [0.2, 0.25) is 5.91 Å². The Balaban J connectivity index is 2.70. The summed E-state index contributed by atoms with van der Waals surface area (Å²) in [5.74, 6) is 0.351. The van der Waals surface area contributed by atoms with Crippen LogP contribution in [0.25, 0.3) is 0 Å². The van der Waals surface area contributed by atoms with Crippen LogP contribution >= 0.6 is 15.9 Å². The van der Waals surface area contributed by atoms with Crippen molar-refractivity contribution in [3.63, 3.8) is 0 Å². The van der Waals surface area contributed by atoms with Crippen LogP contribution in [-0.2, 0) is 4.79 Å². The van der Waals surface area contributed by atoms with E-state index in [-0.39, 0.29) is 18.0 Å². The number of anilines is 1. The third-order valence-electron chi connectivity index (χ3n) is 2.09. The molecular formula is C10H15BrN4O2. The lowest BCUT2D eigenvalue weighted by molar-refractivity contribution is -0.119. The number of aromatic amines is 1. The average molecular weight is 303 g/mol. The Bertz CT molecular complexity index is 446. The molecule has 1 heterocycles. The monoisotopic (exact) mass is 302 g/mol. The van der Waals surface area contributed by atoms with E-state index >= 15 is 0 Å². The van der Waals surface area contributed by atoms with Crippen LogP contribution in [0.15, 0.2) is 15.6 Å². The van der Waals surface area contributed by atoms with Gasteiger partial charge in [-0.05, 0) is 22.4 Å².